The lowest BCUT2D eigenvalue weighted by molar-refractivity contribution is 0.106. The third-order valence-corrected chi connectivity index (χ3v) is 3.27. The lowest BCUT2D eigenvalue weighted by Crippen LogP contribution is -2.10. The number of fused-ring (bicyclic) bond motifs is 1. The Morgan fingerprint density at radius 1 is 1.50 bits per heavy atom. The molecule has 1 aromatic carbocycles. The minimum absolute atomic E-state index is 0.238. The summed E-state index contributed by atoms with van der Waals surface area (Å²) in [5.74, 6) is 0. The highest BCUT2D eigenvalue weighted by atomic mass is 79.9. The SMILES string of the molecule is COC(C)CCn1nnc2cccc(Br)c21. The van der Waals surface area contributed by atoms with Gasteiger partial charge < -0.3 is 4.74 Å². The second kappa shape index (κ2) is 4.93. The molecule has 5 heteroatoms. The van der Waals surface area contributed by atoms with Crippen LogP contribution in [0.25, 0.3) is 11.0 Å². The number of halogens is 1. The summed E-state index contributed by atoms with van der Waals surface area (Å²) >= 11 is 3.52. The van der Waals surface area contributed by atoms with Gasteiger partial charge in [0.2, 0.25) is 0 Å². The Bertz CT molecular complexity index is 483. The van der Waals surface area contributed by atoms with Crippen molar-refractivity contribution in [2.75, 3.05) is 7.11 Å². The predicted octanol–water partition coefficient (Wildman–Crippen LogP) is 2.62. The first kappa shape index (κ1) is 11.5. The highest BCUT2D eigenvalue weighted by Crippen LogP contribution is 2.22. The van der Waals surface area contributed by atoms with Crippen LogP contribution in [-0.4, -0.2) is 28.2 Å². The Kier molecular flexibility index (Phi) is 3.56. The van der Waals surface area contributed by atoms with Crippen molar-refractivity contribution in [3.63, 3.8) is 0 Å². The predicted molar refractivity (Wildman–Crippen MR) is 66.3 cm³/mol. The largest absolute Gasteiger partial charge is 0.382 e. The van der Waals surface area contributed by atoms with E-state index in [0.29, 0.717) is 0 Å². The molecule has 0 spiro atoms. The van der Waals surface area contributed by atoms with Crippen LogP contribution in [0.4, 0.5) is 0 Å². The first-order valence-electron chi connectivity index (χ1n) is 5.23. The molecule has 2 aromatic rings. The second-order valence-corrected chi connectivity index (χ2v) is 4.61. The minimum Gasteiger partial charge on any atom is -0.382 e. The molecule has 16 heavy (non-hydrogen) atoms. The summed E-state index contributed by atoms with van der Waals surface area (Å²) in [7, 11) is 1.72. The zero-order valence-electron chi connectivity index (χ0n) is 9.35. The van der Waals surface area contributed by atoms with Crippen molar-refractivity contribution in [3.8, 4) is 0 Å². The van der Waals surface area contributed by atoms with Crippen molar-refractivity contribution in [3.05, 3.63) is 22.7 Å². The average Bonchev–Trinajstić information content (AvgIpc) is 2.70. The first-order chi connectivity index (χ1) is 7.72. The molecule has 0 fully saturated rings. The summed E-state index contributed by atoms with van der Waals surface area (Å²) in [5, 5.41) is 8.27. The molecule has 0 radical (unpaired) electrons. The lowest BCUT2D eigenvalue weighted by atomic mass is 10.2. The molecule has 4 nitrogen and oxygen atoms in total. The molecule has 1 aromatic heterocycles. The molecule has 1 heterocycles. The number of benzene rings is 1. The molecule has 0 bridgehead atoms. The van der Waals surface area contributed by atoms with Gasteiger partial charge in [0.1, 0.15) is 11.0 Å². The number of methoxy groups -OCH3 is 1. The number of para-hydroxylation sites is 1. The van der Waals surface area contributed by atoms with Gasteiger partial charge in [0, 0.05) is 18.1 Å². The van der Waals surface area contributed by atoms with Gasteiger partial charge in [-0.3, -0.25) is 0 Å². The maximum absolute atomic E-state index is 5.22. The van der Waals surface area contributed by atoms with Gasteiger partial charge in [-0.2, -0.15) is 0 Å². The number of rotatable bonds is 4. The number of hydrogen-bond donors (Lipinski definition) is 0. The van der Waals surface area contributed by atoms with E-state index < -0.39 is 0 Å². The third-order valence-electron chi connectivity index (χ3n) is 2.63. The molecule has 0 saturated carbocycles. The van der Waals surface area contributed by atoms with Crippen LogP contribution in [0.3, 0.4) is 0 Å². The maximum Gasteiger partial charge on any atom is 0.114 e. The fraction of sp³-hybridized carbons (Fsp3) is 0.455. The van der Waals surface area contributed by atoms with Crippen molar-refractivity contribution in [1.29, 1.82) is 0 Å². The standard InChI is InChI=1S/C11H14BrN3O/c1-8(16-2)6-7-15-11-9(12)4-3-5-10(11)13-14-15/h3-5,8H,6-7H2,1-2H3. The van der Waals surface area contributed by atoms with Gasteiger partial charge >= 0.3 is 0 Å². The normalized spacial score (nSPS) is 13.2. The van der Waals surface area contributed by atoms with Crippen LogP contribution >= 0.6 is 15.9 Å². The van der Waals surface area contributed by atoms with Crippen LogP contribution < -0.4 is 0 Å². The maximum atomic E-state index is 5.22. The van der Waals surface area contributed by atoms with E-state index >= 15 is 0 Å². The Morgan fingerprint density at radius 3 is 3.06 bits per heavy atom. The van der Waals surface area contributed by atoms with E-state index in [1.165, 1.54) is 0 Å². The van der Waals surface area contributed by atoms with Crippen LogP contribution in [-0.2, 0) is 11.3 Å². The Morgan fingerprint density at radius 2 is 2.31 bits per heavy atom. The molecule has 0 aliphatic rings. The van der Waals surface area contributed by atoms with Crippen molar-refractivity contribution in [2.24, 2.45) is 0 Å². The summed E-state index contributed by atoms with van der Waals surface area (Å²) in [6, 6.07) is 5.93. The summed E-state index contributed by atoms with van der Waals surface area (Å²) < 4.78 is 8.16. The van der Waals surface area contributed by atoms with Gasteiger partial charge in [0.25, 0.3) is 0 Å². The topological polar surface area (TPSA) is 39.9 Å². The Balaban J connectivity index is 2.24. The molecule has 0 aliphatic heterocycles. The smallest absolute Gasteiger partial charge is 0.114 e. The number of aromatic nitrogens is 3. The molecule has 2 rings (SSSR count). The molecule has 86 valence electrons. The zero-order chi connectivity index (χ0) is 11.5. The van der Waals surface area contributed by atoms with E-state index in [1.54, 1.807) is 7.11 Å². The number of hydrogen-bond acceptors (Lipinski definition) is 3. The number of aryl methyl sites for hydroxylation is 1. The van der Waals surface area contributed by atoms with Gasteiger partial charge in [-0.05, 0) is 41.4 Å². The van der Waals surface area contributed by atoms with Crippen LogP contribution in [0.2, 0.25) is 0 Å². The number of ether oxygens (including phenoxy) is 1. The quantitative estimate of drug-likeness (QED) is 0.866. The van der Waals surface area contributed by atoms with Crippen molar-refractivity contribution >= 4 is 27.0 Å². The van der Waals surface area contributed by atoms with E-state index in [-0.39, 0.29) is 6.10 Å². The van der Waals surface area contributed by atoms with Crippen LogP contribution in [0.15, 0.2) is 22.7 Å². The second-order valence-electron chi connectivity index (χ2n) is 3.76. The summed E-state index contributed by atoms with van der Waals surface area (Å²) in [4.78, 5) is 0. The van der Waals surface area contributed by atoms with Gasteiger partial charge in [-0.15, -0.1) is 5.10 Å². The summed E-state index contributed by atoms with van der Waals surface area (Å²) in [6.07, 6.45) is 1.16. The molecular weight excluding hydrogens is 270 g/mol. The molecule has 1 unspecified atom stereocenters. The Hall–Kier alpha value is -0.940. The highest BCUT2D eigenvalue weighted by Gasteiger charge is 2.08. The van der Waals surface area contributed by atoms with E-state index in [2.05, 4.69) is 26.2 Å². The van der Waals surface area contributed by atoms with Crippen LogP contribution in [0, 0.1) is 0 Å². The van der Waals surface area contributed by atoms with Gasteiger partial charge in [-0.1, -0.05) is 11.3 Å². The average molecular weight is 284 g/mol. The minimum atomic E-state index is 0.238. The molecule has 1 atom stereocenters. The fourth-order valence-electron chi connectivity index (χ4n) is 1.57. The molecule has 0 N–H and O–H groups in total. The Labute approximate surface area is 103 Å². The van der Waals surface area contributed by atoms with Crippen molar-refractivity contribution in [1.82, 2.24) is 15.0 Å². The summed E-state index contributed by atoms with van der Waals surface area (Å²) in [5.41, 5.74) is 1.96. The highest BCUT2D eigenvalue weighted by molar-refractivity contribution is 9.10. The van der Waals surface area contributed by atoms with Crippen molar-refractivity contribution in [2.45, 2.75) is 26.0 Å². The van der Waals surface area contributed by atoms with Gasteiger partial charge in [-0.25, -0.2) is 4.68 Å². The van der Waals surface area contributed by atoms with E-state index in [1.807, 2.05) is 29.8 Å². The molecular formula is C11H14BrN3O. The van der Waals surface area contributed by atoms with E-state index in [4.69, 9.17) is 4.74 Å². The molecule has 0 amide bonds. The van der Waals surface area contributed by atoms with E-state index in [0.717, 1.165) is 28.5 Å². The monoisotopic (exact) mass is 283 g/mol. The molecule has 0 saturated heterocycles. The van der Waals surface area contributed by atoms with Crippen LogP contribution in [0.5, 0.6) is 0 Å². The number of nitrogens with zero attached hydrogens (tertiary/aromatic N) is 3. The van der Waals surface area contributed by atoms with Gasteiger partial charge in [0.15, 0.2) is 0 Å². The van der Waals surface area contributed by atoms with Gasteiger partial charge in [0.05, 0.1) is 6.10 Å². The zero-order valence-corrected chi connectivity index (χ0v) is 10.9. The van der Waals surface area contributed by atoms with E-state index in [9.17, 15) is 0 Å². The fourth-order valence-corrected chi connectivity index (χ4v) is 2.13. The van der Waals surface area contributed by atoms with Crippen LogP contribution in [0.1, 0.15) is 13.3 Å². The molecule has 0 aliphatic carbocycles. The van der Waals surface area contributed by atoms with Crippen molar-refractivity contribution < 1.29 is 4.74 Å². The summed E-state index contributed by atoms with van der Waals surface area (Å²) in [6.45, 7) is 2.86. The third kappa shape index (κ3) is 2.25. The first-order valence-corrected chi connectivity index (χ1v) is 6.02. The lowest BCUT2D eigenvalue weighted by Gasteiger charge is -2.09.